The maximum atomic E-state index is 12.6. The number of hydrogen-bond acceptors (Lipinski definition) is 6. The van der Waals surface area contributed by atoms with Crippen molar-refractivity contribution in [3.8, 4) is 0 Å². The summed E-state index contributed by atoms with van der Waals surface area (Å²) < 4.78 is 8.75. The van der Waals surface area contributed by atoms with Crippen LogP contribution in [0.1, 0.15) is 55.8 Å². The number of carbonyl (C=O) groups is 2. The van der Waals surface area contributed by atoms with Crippen molar-refractivity contribution in [2.75, 3.05) is 5.32 Å². The number of carbonyl (C=O) groups excluding carboxylic acids is 2. The monoisotopic (exact) mass is 423 g/mol. The lowest BCUT2D eigenvalue weighted by Gasteiger charge is -2.17. The molecule has 0 radical (unpaired) electrons. The number of esters is 1. The summed E-state index contributed by atoms with van der Waals surface area (Å²) in [5.41, 5.74) is 0.608. The highest BCUT2D eigenvalue weighted by molar-refractivity contribution is 5.98. The van der Waals surface area contributed by atoms with Crippen molar-refractivity contribution < 1.29 is 14.3 Å². The van der Waals surface area contributed by atoms with Crippen LogP contribution in [0.4, 0.5) is 5.82 Å². The van der Waals surface area contributed by atoms with E-state index in [0.717, 1.165) is 25.1 Å². The number of anilines is 1. The third-order valence-corrected chi connectivity index (χ3v) is 5.64. The number of amides is 1. The van der Waals surface area contributed by atoms with E-state index in [9.17, 15) is 14.4 Å². The lowest BCUT2D eigenvalue weighted by Crippen LogP contribution is -2.31. The number of rotatable bonds is 6. The van der Waals surface area contributed by atoms with E-state index in [-0.39, 0.29) is 17.2 Å². The summed E-state index contributed by atoms with van der Waals surface area (Å²) in [6, 6.07) is 6.48. The molecule has 4 rings (SSSR count). The van der Waals surface area contributed by atoms with Crippen LogP contribution in [0, 0.1) is 0 Å². The van der Waals surface area contributed by atoms with Gasteiger partial charge in [0.05, 0.1) is 28.7 Å². The Morgan fingerprint density at radius 3 is 2.84 bits per heavy atom. The molecule has 0 spiro atoms. The van der Waals surface area contributed by atoms with Crippen LogP contribution in [0.15, 0.2) is 35.3 Å². The summed E-state index contributed by atoms with van der Waals surface area (Å²) in [4.78, 5) is 42.2. The molecule has 1 N–H and O–H groups in total. The molecule has 1 amide bonds. The molecule has 31 heavy (non-hydrogen) atoms. The van der Waals surface area contributed by atoms with E-state index in [4.69, 9.17) is 4.74 Å². The second kappa shape index (κ2) is 8.33. The number of aryl methyl sites for hydroxylation is 1. The summed E-state index contributed by atoms with van der Waals surface area (Å²) in [6.45, 7) is 6.21. The van der Waals surface area contributed by atoms with Crippen molar-refractivity contribution in [1.82, 2.24) is 19.3 Å². The Morgan fingerprint density at radius 2 is 2.06 bits per heavy atom. The van der Waals surface area contributed by atoms with Crippen molar-refractivity contribution in [3.63, 3.8) is 0 Å². The molecule has 1 aromatic carbocycles. The van der Waals surface area contributed by atoms with E-state index in [1.54, 1.807) is 33.6 Å². The Morgan fingerprint density at radius 1 is 1.26 bits per heavy atom. The number of aromatic nitrogens is 4. The van der Waals surface area contributed by atoms with Gasteiger partial charge in [0, 0.05) is 19.0 Å². The maximum absolute atomic E-state index is 12.6. The zero-order chi connectivity index (χ0) is 22.1. The second-order valence-corrected chi connectivity index (χ2v) is 7.78. The average molecular weight is 423 g/mol. The summed E-state index contributed by atoms with van der Waals surface area (Å²) in [5.74, 6) is 0.177. The molecule has 3 aromatic rings. The first-order valence-corrected chi connectivity index (χ1v) is 10.5. The molecule has 0 aliphatic carbocycles. The summed E-state index contributed by atoms with van der Waals surface area (Å²) in [5, 5.41) is 7.45. The SMILES string of the molecule is CC[C@H](C)n1nccc1NC(=O)[C@@H](C)OC(=O)c1ccc2c(=O)n3c(nc2c1)CCC3. The van der Waals surface area contributed by atoms with Crippen LogP contribution in [0.5, 0.6) is 0 Å². The zero-order valence-electron chi connectivity index (χ0n) is 17.8. The van der Waals surface area contributed by atoms with Gasteiger partial charge in [-0.05, 0) is 44.9 Å². The highest BCUT2D eigenvalue weighted by atomic mass is 16.5. The van der Waals surface area contributed by atoms with Gasteiger partial charge in [0.15, 0.2) is 6.10 Å². The van der Waals surface area contributed by atoms with E-state index >= 15 is 0 Å². The molecule has 0 unspecified atom stereocenters. The van der Waals surface area contributed by atoms with Gasteiger partial charge in [-0.15, -0.1) is 0 Å². The molecule has 0 fully saturated rings. The molecule has 2 atom stereocenters. The minimum Gasteiger partial charge on any atom is -0.449 e. The molecule has 1 aliphatic heterocycles. The first-order valence-electron chi connectivity index (χ1n) is 10.5. The van der Waals surface area contributed by atoms with Crippen LogP contribution in [-0.4, -0.2) is 37.3 Å². The molecular weight excluding hydrogens is 398 g/mol. The average Bonchev–Trinajstić information content (AvgIpc) is 3.42. The molecular formula is C22H25N5O4. The predicted molar refractivity (Wildman–Crippen MR) is 115 cm³/mol. The maximum Gasteiger partial charge on any atom is 0.338 e. The van der Waals surface area contributed by atoms with Crippen molar-refractivity contribution in [2.24, 2.45) is 0 Å². The van der Waals surface area contributed by atoms with Gasteiger partial charge < -0.3 is 10.1 Å². The van der Waals surface area contributed by atoms with E-state index in [1.807, 2.05) is 13.8 Å². The van der Waals surface area contributed by atoms with Crippen molar-refractivity contribution in [2.45, 2.75) is 58.7 Å². The van der Waals surface area contributed by atoms with Crippen LogP contribution in [0.25, 0.3) is 10.9 Å². The molecule has 0 saturated heterocycles. The smallest absolute Gasteiger partial charge is 0.338 e. The van der Waals surface area contributed by atoms with Gasteiger partial charge in [0.25, 0.3) is 11.5 Å². The van der Waals surface area contributed by atoms with E-state index in [1.165, 1.54) is 13.0 Å². The lowest BCUT2D eigenvalue weighted by molar-refractivity contribution is -0.123. The number of nitrogens with one attached hydrogen (secondary N) is 1. The summed E-state index contributed by atoms with van der Waals surface area (Å²) in [6.07, 6.45) is 3.08. The Bertz CT molecular complexity index is 1210. The molecule has 162 valence electrons. The lowest BCUT2D eigenvalue weighted by atomic mass is 10.1. The van der Waals surface area contributed by atoms with Crippen molar-refractivity contribution in [1.29, 1.82) is 0 Å². The first-order chi connectivity index (χ1) is 14.9. The normalized spacial score (nSPS) is 14.8. The number of ether oxygens (including phenoxy) is 1. The van der Waals surface area contributed by atoms with Gasteiger partial charge >= 0.3 is 5.97 Å². The summed E-state index contributed by atoms with van der Waals surface area (Å²) in [7, 11) is 0. The summed E-state index contributed by atoms with van der Waals surface area (Å²) >= 11 is 0. The first kappa shape index (κ1) is 20.8. The van der Waals surface area contributed by atoms with E-state index in [0.29, 0.717) is 23.3 Å². The fourth-order valence-electron chi connectivity index (χ4n) is 3.66. The number of benzene rings is 1. The topological polar surface area (TPSA) is 108 Å². The fraction of sp³-hybridized carbons (Fsp3) is 0.409. The minimum absolute atomic E-state index is 0.0944. The van der Waals surface area contributed by atoms with Crippen LogP contribution >= 0.6 is 0 Å². The van der Waals surface area contributed by atoms with Crippen molar-refractivity contribution in [3.05, 3.63) is 52.2 Å². The van der Waals surface area contributed by atoms with E-state index < -0.39 is 18.0 Å². The Labute approximate surface area is 179 Å². The number of hydrogen-bond donors (Lipinski definition) is 1. The second-order valence-electron chi connectivity index (χ2n) is 7.78. The third kappa shape index (κ3) is 3.95. The molecule has 9 nitrogen and oxygen atoms in total. The molecule has 9 heteroatoms. The zero-order valence-corrected chi connectivity index (χ0v) is 17.8. The molecule has 0 saturated carbocycles. The Kier molecular flexibility index (Phi) is 5.58. The standard InChI is InChI=1S/C22H25N5O4/c1-4-13(2)27-19(9-10-23-27)25-20(28)14(3)31-22(30)15-7-8-16-17(12-15)24-18-6-5-11-26(18)21(16)29/h7-10,12-14H,4-6,11H2,1-3H3,(H,25,28)/t13-,14+/m0/s1. The number of fused-ring (bicyclic) bond motifs is 2. The Balaban J connectivity index is 1.48. The largest absolute Gasteiger partial charge is 0.449 e. The fourth-order valence-corrected chi connectivity index (χ4v) is 3.66. The van der Waals surface area contributed by atoms with Gasteiger partial charge in [-0.2, -0.15) is 5.10 Å². The molecule has 0 bridgehead atoms. The van der Waals surface area contributed by atoms with E-state index in [2.05, 4.69) is 15.4 Å². The highest BCUT2D eigenvalue weighted by Gasteiger charge is 2.22. The molecule has 2 aromatic heterocycles. The van der Waals surface area contributed by atoms with Gasteiger partial charge in [0.1, 0.15) is 11.6 Å². The Hall–Kier alpha value is -3.49. The van der Waals surface area contributed by atoms with Gasteiger partial charge in [-0.25, -0.2) is 14.5 Å². The van der Waals surface area contributed by atoms with Crippen LogP contribution in [0.2, 0.25) is 0 Å². The predicted octanol–water partition coefficient (Wildman–Crippen LogP) is 2.69. The number of nitrogens with zero attached hydrogens (tertiary/aromatic N) is 4. The minimum atomic E-state index is -1.01. The van der Waals surface area contributed by atoms with Gasteiger partial charge in [0.2, 0.25) is 0 Å². The highest BCUT2D eigenvalue weighted by Crippen LogP contribution is 2.19. The van der Waals surface area contributed by atoms with Gasteiger partial charge in [-0.3, -0.25) is 14.2 Å². The molecule has 1 aliphatic rings. The van der Waals surface area contributed by atoms with Gasteiger partial charge in [-0.1, -0.05) is 6.92 Å². The quantitative estimate of drug-likeness (QED) is 0.611. The van der Waals surface area contributed by atoms with Crippen LogP contribution in [-0.2, 0) is 22.5 Å². The van der Waals surface area contributed by atoms with Crippen molar-refractivity contribution >= 4 is 28.6 Å². The third-order valence-electron chi connectivity index (χ3n) is 5.64. The van der Waals surface area contributed by atoms with Crippen LogP contribution in [0.3, 0.4) is 0 Å². The molecule has 3 heterocycles. The van der Waals surface area contributed by atoms with Crippen LogP contribution < -0.4 is 10.9 Å².